The van der Waals surface area contributed by atoms with E-state index in [9.17, 15) is 4.79 Å². The summed E-state index contributed by atoms with van der Waals surface area (Å²) in [5.41, 5.74) is 3.85. The van der Waals surface area contributed by atoms with Gasteiger partial charge in [-0.3, -0.25) is 10.1 Å². The van der Waals surface area contributed by atoms with Crippen LogP contribution in [-0.4, -0.2) is 16.0 Å². The minimum Gasteiger partial charge on any atom is -0.308 e. The average Bonchev–Trinajstić information content (AvgIpc) is 2.90. The third kappa shape index (κ3) is 3.90. The number of rotatable bonds is 2. The van der Waals surface area contributed by atoms with Crippen molar-refractivity contribution in [2.45, 2.75) is 13.8 Å². The molecule has 4 nitrogen and oxygen atoms in total. The average molecular weight is 467 g/mol. The lowest BCUT2D eigenvalue weighted by molar-refractivity contribution is 0.0977. The zero-order valence-corrected chi connectivity index (χ0v) is 16.8. The van der Waals surface area contributed by atoms with Crippen molar-refractivity contribution in [3.8, 4) is 0 Å². The summed E-state index contributed by atoms with van der Waals surface area (Å²) in [6.07, 6.45) is 0. The van der Waals surface area contributed by atoms with Crippen molar-refractivity contribution in [1.82, 2.24) is 10.3 Å². The van der Waals surface area contributed by atoms with E-state index in [-0.39, 0.29) is 11.0 Å². The van der Waals surface area contributed by atoms with Gasteiger partial charge in [0.25, 0.3) is 5.91 Å². The molecule has 1 amide bonds. The van der Waals surface area contributed by atoms with Crippen LogP contribution < -0.4 is 10.6 Å². The summed E-state index contributed by atoms with van der Waals surface area (Å²) in [6, 6.07) is 11.5. The Balaban J connectivity index is 1.71. The van der Waals surface area contributed by atoms with Gasteiger partial charge in [0.1, 0.15) is 0 Å². The molecule has 0 unspecified atom stereocenters. The van der Waals surface area contributed by atoms with Crippen LogP contribution >= 0.6 is 46.1 Å². The van der Waals surface area contributed by atoms with Gasteiger partial charge < -0.3 is 5.32 Å². The van der Waals surface area contributed by atoms with Crippen LogP contribution in [-0.2, 0) is 0 Å². The third-order valence-electron chi connectivity index (χ3n) is 3.38. The number of carbonyl (C=O) groups is 1. The van der Waals surface area contributed by atoms with Crippen LogP contribution in [0.1, 0.15) is 21.5 Å². The van der Waals surface area contributed by atoms with Gasteiger partial charge in [-0.15, -0.1) is 0 Å². The van der Waals surface area contributed by atoms with Crippen LogP contribution in [0.25, 0.3) is 10.2 Å². The highest BCUT2D eigenvalue weighted by Crippen LogP contribution is 2.29. The van der Waals surface area contributed by atoms with Crippen molar-refractivity contribution < 1.29 is 4.79 Å². The maximum atomic E-state index is 12.2. The Morgan fingerprint density at radius 1 is 1.21 bits per heavy atom. The first-order valence-electron chi connectivity index (χ1n) is 7.18. The fraction of sp³-hybridized carbons (Fsp3) is 0.118. The first-order chi connectivity index (χ1) is 11.4. The van der Waals surface area contributed by atoms with Crippen LogP contribution in [0.15, 0.2) is 36.4 Å². The van der Waals surface area contributed by atoms with Crippen molar-refractivity contribution in [2.75, 3.05) is 5.32 Å². The Bertz CT molecular complexity index is 935. The summed E-state index contributed by atoms with van der Waals surface area (Å²) < 4.78 is 2.17. The molecule has 1 aromatic heterocycles. The highest BCUT2D eigenvalue weighted by Gasteiger charge is 2.11. The largest absolute Gasteiger partial charge is 0.308 e. The molecule has 7 heteroatoms. The summed E-state index contributed by atoms with van der Waals surface area (Å²) in [4.78, 5) is 16.7. The van der Waals surface area contributed by atoms with Crippen molar-refractivity contribution in [3.05, 3.63) is 56.7 Å². The topological polar surface area (TPSA) is 54.0 Å². The van der Waals surface area contributed by atoms with Gasteiger partial charge in [0.15, 0.2) is 10.2 Å². The minimum absolute atomic E-state index is 0.239. The van der Waals surface area contributed by atoms with Crippen molar-refractivity contribution in [3.63, 3.8) is 0 Å². The lowest BCUT2D eigenvalue weighted by Crippen LogP contribution is -2.34. The first-order valence-corrected chi connectivity index (χ1v) is 9.48. The maximum Gasteiger partial charge on any atom is 0.257 e. The standard InChI is InChI=1S/C17H14IN3OS2/c1-9-7-10(2)14-13(8-9)24-17(19-14)21-16(23)20-15(22)11-3-5-12(18)6-4-11/h3-8H,1-2H3,(H2,19,20,21,22,23). The summed E-state index contributed by atoms with van der Waals surface area (Å²) in [5, 5.41) is 6.59. The van der Waals surface area contributed by atoms with E-state index in [1.807, 2.05) is 19.1 Å². The molecular weight excluding hydrogens is 453 g/mol. The lowest BCUT2D eigenvalue weighted by Gasteiger charge is -2.07. The normalized spacial score (nSPS) is 10.6. The molecule has 0 atom stereocenters. The van der Waals surface area contributed by atoms with Crippen LogP contribution in [0.4, 0.5) is 5.13 Å². The van der Waals surface area contributed by atoms with E-state index in [2.05, 4.69) is 57.3 Å². The molecule has 0 spiro atoms. The van der Waals surface area contributed by atoms with Crippen LogP contribution in [0.2, 0.25) is 0 Å². The number of benzene rings is 2. The van der Waals surface area contributed by atoms with Crippen molar-refractivity contribution in [2.24, 2.45) is 0 Å². The fourth-order valence-electron chi connectivity index (χ4n) is 2.33. The van der Waals surface area contributed by atoms with Gasteiger partial charge in [-0.2, -0.15) is 0 Å². The molecule has 24 heavy (non-hydrogen) atoms. The molecule has 1 heterocycles. The number of carbonyl (C=O) groups excluding carboxylic acids is 1. The number of nitrogens with one attached hydrogen (secondary N) is 2. The predicted octanol–water partition coefficient (Wildman–Crippen LogP) is 4.64. The molecule has 0 aliphatic carbocycles. The van der Waals surface area contributed by atoms with Gasteiger partial charge in [-0.05, 0) is 90.1 Å². The number of hydrogen-bond donors (Lipinski definition) is 2. The predicted molar refractivity (Wildman–Crippen MR) is 112 cm³/mol. The molecule has 0 radical (unpaired) electrons. The van der Waals surface area contributed by atoms with E-state index in [0.717, 1.165) is 19.4 Å². The van der Waals surface area contributed by atoms with Gasteiger partial charge in [0.2, 0.25) is 0 Å². The molecule has 0 saturated carbocycles. The zero-order chi connectivity index (χ0) is 17.3. The number of thiocarbonyl (C=S) groups is 1. The van der Waals surface area contributed by atoms with Gasteiger partial charge in [-0.1, -0.05) is 17.4 Å². The third-order valence-corrected chi connectivity index (χ3v) is 5.22. The summed E-state index contributed by atoms with van der Waals surface area (Å²) in [5.74, 6) is -0.239. The maximum absolute atomic E-state index is 12.2. The summed E-state index contributed by atoms with van der Waals surface area (Å²) >= 11 is 8.94. The van der Waals surface area contributed by atoms with Crippen molar-refractivity contribution in [1.29, 1.82) is 0 Å². The van der Waals surface area contributed by atoms with Crippen LogP contribution in [0.3, 0.4) is 0 Å². The Morgan fingerprint density at radius 3 is 2.62 bits per heavy atom. The number of fused-ring (bicyclic) bond motifs is 1. The van der Waals surface area contributed by atoms with Crippen LogP contribution in [0, 0.1) is 17.4 Å². The molecule has 2 aromatic carbocycles. The number of amides is 1. The molecule has 3 aromatic rings. The Hall–Kier alpha value is -1.58. The molecular formula is C17H14IN3OS2. The van der Waals surface area contributed by atoms with E-state index in [1.54, 1.807) is 12.1 Å². The highest BCUT2D eigenvalue weighted by molar-refractivity contribution is 14.1. The monoisotopic (exact) mass is 467 g/mol. The van der Waals surface area contributed by atoms with E-state index >= 15 is 0 Å². The Morgan fingerprint density at radius 2 is 1.92 bits per heavy atom. The first kappa shape index (κ1) is 17.2. The number of aromatic nitrogens is 1. The van der Waals surface area contributed by atoms with E-state index in [4.69, 9.17) is 12.2 Å². The van der Waals surface area contributed by atoms with Gasteiger partial charge >= 0.3 is 0 Å². The van der Waals surface area contributed by atoms with E-state index in [0.29, 0.717) is 10.7 Å². The molecule has 122 valence electrons. The molecule has 2 N–H and O–H groups in total. The molecule has 0 saturated heterocycles. The second-order valence-electron chi connectivity index (χ2n) is 5.36. The number of aryl methyl sites for hydroxylation is 2. The smallest absolute Gasteiger partial charge is 0.257 e. The van der Waals surface area contributed by atoms with Crippen molar-refractivity contribution >= 4 is 72.5 Å². The molecule has 0 aliphatic rings. The van der Waals surface area contributed by atoms with Gasteiger partial charge in [0, 0.05) is 9.13 Å². The number of thiazole rings is 1. The molecule has 0 fully saturated rings. The summed E-state index contributed by atoms with van der Waals surface area (Å²) in [7, 11) is 0. The van der Waals surface area contributed by atoms with E-state index < -0.39 is 0 Å². The van der Waals surface area contributed by atoms with Gasteiger partial charge in [-0.25, -0.2) is 4.98 Å². The Kier molecular flexibility index (Phi) is 5.12. The Labute approximate surface area is 162 Å². The number of hydrogen-bond acceptors (Lipinski definition) is 4. The second kappa shape index (κ2) is 7.12. The molecule has 0 aliphatic heterocycles. The molecule has 0 bridgehead atoms. The zero-order valence-electron chi connectivity index (χ0n) is 13.0. The van der Waals surface area contributed by atoms with Gasteiger partial charge in [0.05, 0.1) is 10.2 Å². The number of nitrogens with zero attached hydrogens (tertiary/aromatic N) is 1. The number of halogens is 1. The summed E-state index contributed by atoms with van der Waals surface area (Å²) in [6.45, 7) is 4.10. The highest BCUT2D eigenvalue weighted by atomic mass is 127. The number of anilines is 1. The lowest BCUT2D eigenvalue weighted by atomic mass is 10.1. The quantitative estimate of drug-likeness (QED) is 0.426. The molecule has 3 rings (SSSR count). The second-order valence-corrected chi connectivity index (χ2v) is 8.05. The SMILES string of the molecule is Cc1cc(C)c2nc(NC(=S)NC(=O)c3ccc(I)cc3)sc2c1. The fourth-order valence-corrected chi connectivity index (χ4v) is 3.99. The van der Waals surface area contributed by atoms with Crippen LogP contribution in [0.5, 0.6) is 0 Å². The van der Waals surface area contributed by atoms with E-state index in [1.165, 1.54) is 16.9 Å². The minimum atomic E-state index is -0.239.